The Labute approximate surface area is 122 Å². The minimum Gasteiger partial charge on any atom is -0.454 e. The molecule has 1 aliphatic heterocycles. The van der Waals surface area contributed by atoms with Crippen molar-refractivity contribution in [2.75, 3.05) is 12.1 Å². The van der Waals surface area contributed by atoms with E-state index >= 15 is 0 Å². The highest BCUT2D eigenvalue weighted by Crippen LogP contribution is 2.34. The third-order valence-corrected chi connectivity index (χ3v) is 3.78. The van der Waals surface area contributed by atoms with Gasteiger partial charge in [0.05, 0.1) is 0 Å². The summed E-state index contributed by atoms with van der Waals surface area (Å²) < 4.78 is 10.4. The quantitative estimate of drug-likeness (QED) is 0.814. The fourth-order valence-electron chi connectivity index (χ4n) is 2.66. The summed E-state index contributed by atoms with van der Waals surface area (Å²) in [4.78, 5) is 23.8. The van der Waals surface area contributed by atoms with E-state index in [1.54, 1.807) is 18.2 Å². The smallest absolute Gasteiger partial charge is 0.313 e. The maximum absolute atomic E-state index is 11.9. The molecule has 2 aliphatic rings. The van der Waals surface area contributed by atoms with Crippen LogP contribution in [0.1, 0.15) is 32.1 Å². The van der Waals surface area contributed by atoms with Gasteiger partial charge in [-0.3, -0.25) is 9.59 Å². The molecular weight excluding hydrogens is 272 g/mol. The molecule has 0 unspecified atom stereocenters. The van der Waals surface area contributed by atoms with E-state index in [0.29, 0.717) is 17.2 Å². The van der Waals surface area contributed by atoms with Crippen LogP contribution < -0.4 is 20.1 Å². The number of ether oxygens (including phenoxy) is 2. The minimum atomic E-state index is -0.653. The Kier molecular flexibility index (Phi) is 3.94. The number of carbonyl (C=O) groups is 2. The monoisotopic (exact) mass is 290 g/mol. The Balaban J connectivity index is 1.56. The van der Waals surface area contributed by atoms with Gasteiger partial charge in [0.2, 0.25) is 6.79 Å². The van der Waals surface area contributed by atoms with Crippen molar-refractivity contribution in [1.82, 2.24) is 5.32 Å². The average molecular weight is 290 g/mol. The van der Waals surface area contributed by atoms with E-state index in [0.717, 1.165) is 25.7 Å². The summed E-state index contributed by atoms with van der Waals surface area (Å²) in [5.74, 6) is -0.0286. The van der Waals surface area contributed by atoms with Crippen LogP contribution in [-0.2, 0) is 9.59 Å². The van der Waals surface area contributed by atoms with Gasteiger partial charge in [-0.05, 0) is 25.0 Å². The first-order valence-corrected chi connectivity index (χ1v) is 7.24. The molecule has 0 aromatic heterocycles. The van der Waals surface area contributed by atoms with Crippen LogP contribution in [0.4, 0.5) is 5.69 Å². The number of carbonyl (C=O) groups excluding carboxylic acids is 2. The first-order valence-electron chi connectivity index (χ1n) is 7.24. The number of hydrogen-bond donors (Lipinski definition) is 2. The molecule has 3 rings (SSSR count). The Morgan fingerprint density at radius 1 is 1.00 bits per heavy atom. The zero-order valence-corrected chi connectivity index (χ0v) is 11.7. The lowest BCUT2D eigenvalue weighted by Crippen LogP contribution is -2.42. The van der Waals surface area contributed by atoms with Crippen molar-refractivity contribution >= 4 is 17.5 Å². The highest BCUT2D eigenvalue weighted by atomic mass is 16.7. The zero-order chi connectivity index (χ0) is 14.7. The van der Waals surface area contributed by atoms with Gasteiger partial charge in [-0.1, -0.05) is 19.3 Å². The SMILES string of the molecule is O=C(Nc1ccc2c(c1)OCO2)C(=O)NC1CCCCC1. The van der Waals surface area contributed by atoms with E-state index in [9.17, 15) is 9.59 Å². The maximum Gasteiger partial charge on any atom is 0.313 e. The highest BCUT2D eigenvalue weighted by molar-refractivity contribution is 6.39. The molecule has 0 spiro atoms. The first kappa shape index (κ1) is 13.7. The number of benzene rings is 1. The lowest BCUT2D eigenvalue weighted by Gasteiger charge is -2.22. The van der Waals surface area contributed by atoms with E-state index in [2.05, 4.69) is 10.6 Å². The molecule has 1 aromatic carbocycles. The summed E-state index contributed by atoms with van der Waals surface area (Å²) in [6, 6.07) is 5.15. The number of rotatable bonds is 2. The van der Waals surface area contributed by atoms with Crippen molar-refractivity contribution in [2.45, 2.75) is 38.1 Å². The highest BCUT2D eigenvalue weighted by Gasteiger charge is 2.21. The summed E-state index contributed by atoms with van der Waals surface area (Å²) in [6.45, 7) is 0.175. The van der Waals surface area contributed by atoms with Gasteiger partial charge in [-0.2, -0.15) is 0 Å². The van der Waals surface area contributed by atoms with E-state index in [4.69, 9.17) is 9.47 Å². The third kappa shape index (κ3) is 3.26. The molecule has 21 heavy (non-hydrogen) atoms. The molecular formula is C15H18N2O4. The second-order valence-corrected chi connectivity index (χ2v) is 5.33. The molecule has 1 aliphatic carbocycles. The standard InChI is InChI=1S/C15H18N2O4/c18-14(16-10-4-2-1-3-5-10)15(19)17-11-6-7-12-13(8-11)21-9-20-12/h6-8,10H,1-5,9H2,(H,16,18)(H,17,19). The van der Waals surface area contributed by atoms with Crippen molar-refractivity contribution in [3.63, 3.8) is 0 Å². The van der Waals surface area contributed by atoms with Crippen molar-refractivity contribution in [3.05, 3.63) is 18.2 Å². The molecule has 0 bridgehead atoms. The third-order valence-electron chi connectivity index (χ3n) is 3.78. The molecule has 2 N–H and O–H groups in total. The lowest BCUT2D eigenvalue weighted by molar-refractivity contribution is -0.136. The predicted molar refractivity (Wildman–Crippen MR) is 76.2 cm³/mol. The Hall–Kier alpha value is -2.24. The molecule has 112 valence electrons. The van der Waals surface area contributed by atoms with E-state index in [1.807, 2.05) is 0 Å². The van der Waals surface area contributed by atoms with E-state index < -0.39 is 11.8 Å². The number of hydrogen-bond acceptors (Lipinski definition) is 4. The van der Waals surface area contributed by atoms with Crippen molar-refractivity contribution < 1.29 is 19.1 Å². The molecule has 0 atom stereocenters. The van der Waals surface area contributed by atoms with Gasteiger partial charge in [0.15, 0.2) is 11.5 Å². The van der Waals surface area contributed by atoms with Crippen LogP contribution in [0.25, 0.3) is 0 Å². The largest absolute Gasteiger partial charge is 0.454 e. The Bertz CT molecular complexity index is 553. The van der Waals surface area contributed by atoms with E-state index in [1.165, 1.54) is 6.42 Å². The molecule has 6 heteroatoms. The second-order valence-electron chi connectivity index (χ2n) is 5.33. The van der Waals surface area contributed by atoms with Crippen molar-refractivity contribution in [2.24, 2.45) is 0 Å². The summed E-state index contributed by atoms with van der Waals surface area (Å²) in [7, 11) is 0. The summed E-state index contributed by atoms with van der Waals surface area (Å²) in [6.07, 6.45) is 5.31. The zero-order valence-electron chi connectivity index (χ0n) is 11.7. The fourth-order valence-corrected chi connectivity index (χ4v) is 2.66. The minimum absolute atomic E-state index is 0.119. The Morgan fingerprint density at radius 3 is 2.57 bits per heavy atom. The predicted octanol–water partition coefficient (Wildman–Crippen LogP) is 1.80. The number of amides is 2. The number of fused-ring (bicyclic) bond motifs is 1. The van der Waals surface area contributed by atoms with Gasteiger partial charge < -0.3 is 20.1 Å². The van der Waals surface area contributed by atoms with Gasteiger partial charge in [0, 0.05) is 17.8 Å². The molecule has 1 heterocycles. The molecule has 0 radical (unpaired) electrons. The van der Waals surface area contributed by atoms with Crippen molar-refractivity contribution in [1.29, 1.82) is 0 Å². The van der Waals surface area contributed by atoms with Crippen LogP contribution in [0.15, 0.2) is 18.2 Å². The molecule has 1 fully saturated rings. The van der Waals surface area contributed by atoms with E-state index in [-0.39, 0.29) is 12.8 Å². The fraction of sp³-hybridized carbons (Fsp3) is 0.467. The first-order chi connectivity index (χ1) is 10.2. The van der Waals surface area contributed by atoms with Crippen LogP contribution in [0, 0.1) is 0 Å². The maximum atomic E-state index is 11.9. The number of anilines is 1. The molecule has 2 amide bonds. The number of nitrogens with one attached hydrogen (secondary N) is 2. The Morgan fingerprint density at radius 2 is 1.76 bits per heavy atom. The molecule has 1 aromatic rings. The summed E-state index contributed by atoms with van der Waals surface area (Å²) in [5, 5.41) is 5.36. The average Bonchev–Trinajstić information content (AvgIpc) is 2.95. The van der Waals surface area contributed by atoms with Crippen LogP contribution in [-0.4, -0.2) is 24.6 Å². The van der Waals surface area contributed by atoms with Gasteiger partial charge in [-0.15, -0.1) is 0 Å². The lowest BCUT2D eigenvalue weighted by atomic mass is 9.95. The summed E-state index contributed by atoms with van der Waals surface area (Å²) >= 11 is 0. The molecule has 1 saturated carbocycles. The second kappa shape index (κ2) is 6.03. The summed E-state index contributed by atoms with van der Waals surface area (Å²) in [5.41, 5.74) is 0.517. The van der Waals surface area contributed by atoms with Gasteiger partial charge >= 0.3 is 11.8 Å². The molecule has 6 nitrogen and oxygen atoms in total. The van der Waals surface area contributed by atoms with Gasteiger partial charge in [-0.25, -0.2) is 0 Å². The van der Waals surface area contributed by atoms with Gasteiger partial charge in [0.1, 0.15) is 0 Å². The topological polar surface area (TPSA) is 76.7 Å². The van der Waals surface area contributed by atoms with Crippen molar-refractivity contribution in [3.8, 4) is 11.5 Å². The van der Waals surface area contributed by atoms with Gasteiger partial charge in [0.25, 0.3) is 0 Å². The van der Waals surface area contributed by atoms with Crippen LogP contribution in [0.3, 0.4) is 0 Å². The van der Waals surface area contributed by atoms with Crippen LogP contribution in [0.5, 0.6) is 11.5 Å². The van der Waals surface area contributed by atoms with Crippen LogP contribution in [0.2, 0.25) is 0 Å². The molecule has 0 saturated heterocycles. The van der Waals surface area contributed by atoms with Crippen LogP contribution >= 0.6 is 0 Å². The normalized spacial score (nSPS) is 17.3.